The van der Waals surface area contributed by atoms with Crippen LogP contribution in [0.4, 0.5) is 9.59 Å². The molecule has 2 aliphatic carbocycles. The first-order valence-electron chi connectivity index (χ1n) is 13.3. The van der Waals surface area contributed by atoms with E-state index in [0.717, 1.165) is 25.7 Å². The van der Waals surface area contributed by atoms with Crippen LogP contribution < -0.4 is 0 Å². The minimum atomic E-state index is -1.00. The molecule has 0 aromatic rings. The number of ether oxygens (including phenoxy) is 3. The molecule has 2 aliphatic rings. The second kappa shape index (κ2) is 15.0. The predicted molar refractivity (Wildman–Crippen MR) is 139 cm³/mol. The van der Waals surface area contributed by atoms with Gasteiger partial charge >= 0.3 is 24.1 Å². The van der Waals surface area contributed by atoms with Crippen LogP contribution in [0.2, 0.25) is 0 Å². The van der Waals surface area contributed by atoms with Crippen LogP contribution in [0.15, 0.2) is 0 Å². The minimum absolute atomic E-state index is 0.0398. The molecule has 2 amide bonds. The van der Waals surface area contributed by atoms with Crippen molar-refractivity contribution < 1.29 is 38.5 Å². The summed E-state index contributed by atoms with van der Waals surface area (Å²) in [6, 6.07) is 0. The molecule has 0 heterocycles. The SMILES string of the molecule is CC(C)(C)OC(=O)N(CC(=O)O)CC1CCCC1.COC(=O)CN(CC1CCCC1)C(=O)OC(C)(C)C. The molecule has 2 saturated carbocycles. The second-order valence-corrected chi connectivity index (χ2v) is 12.0. The first kappa shape index (κ1) is 32.5. The Hall–Kier alpha value is -2.52. The summed E-state index contributed by atoms with van der Waals surface area (Å²) in [6.45, 7) is 11.5. The van der Waals surface area contributed by atoms with Gasteiger partial charge in [0.25, 0.3) is 0 Å². The number of amides is 2. The summed E-state index contributed by atoms with van der Waals surface area (Å²) in [6.07, 6.45) is 8.12. The van der Waals surface area contributed by atoms with Crippen LogP contribution >= 0.6 is 0 Å². The highest BCUT2D eigenvalue weighted by Gasteiger charge is 2.29. The smallest absolute Gasteiger partial charge is 0.410 e. The van der Waals surface area contributed by atoms with Gasteiger partial charge in [-0.05, 0) is 79.1 Å². The number of carboxylic acid groups (broad SMARTS) is 1. The van der Waals surface area contributed by atoms with Crippen molar-refractivity contribution in [2.75, 3.05) is 33.3 Å². The van der Waals surface area contributed by atoms with Gasteiger partial charge in [-0.3, -0.25) is 19.4 Å². The van der Waals surface area contributed by atoms with Crippen molar-refractivity contribution in [3.05, 3.63) is 0 Å². The molecule has 0 aromatic carbocycles. The molecule has 0 aliphatic heterocycles. The lowest BCUT2D eigenvalue weighted by Gasteiger charge is -2.28. The highest BCUT2D eigenvalue weighted by atomic mass is 16.6. The van der Waals surface area contributed by atoms with Crippen molar-refractivity contribution in [3.63, 3.8) is 0 Å². The molecule has 1 N–H and O–H groups in total. The van der Waals surface area contributed by atoms with Crippen LogP contribution in [-0.2, 0) is 23.8 Å². The molecule has 214 valence electrons. The van der Waals surface area contributed by atoms with E-state index in [4.69, 9.17) is 14.6 Å². The molecule has 0 atom stereocenters. The molecule has 37 heavy (non-hydrogen) atoms. The van der Waals surface area contributed by atoms with E-state index in [9.17, 15) is 19.2 Å². The molecular formula is C27H48N2O8. The Labute approximate surface area is 222 Å². The zero-order valence-electron chi connectivity index (χ0n) is 23.8. The van der Waals surface area contributed by atoms with Gasteiger partial charge in [0.15, 0.2) is 0 Å². The van der Waals surface area contributed by atoms with Crippen LogP contribution in [0.5, 0.6) is 0 Å². The lowest BCUT2D eigenvalue weighted by atomic mass is 10.1. The Bertz CT molecular complexity index is 744. The van der Waals surface area contributed by atoms with E-state index in [-0.39, 0.29) is 13.1 Å². The number of carbonyl (C=O) groups is 4. The van der Waals surface area contributed by atoms with Gasteiger partial charge in [-0.2, -0.15) is 0 Å². The maximum absolute atomic E-state index is 12.1. The number of carboxylic acids is 1. The molecule has 0 aromatic heterocycles. The lowest BCUT2D eigenvalue weighted by Crippen LogP contribution is -2.42. The summed E-state index contributed by atoms with van der Waals surface area (Å²) in [4.78, 5) is 49.0. The monoisotopic (exact) mass is 528 g/mol. The summed E-state index contributed by atoms with van der Waals surface area (Å²) in [5.74, 6) is -0.531. The standard InChI is InChI=1S/C14H25NO4.C13H23NO4/c1-14(2,3)19-13(17)15(10-12(16)18-4)9-11-7-5-6-8-11;1-13(2,3)18-12(17)14(9-11(15)16)8-10-6-4-5-7-10/h11H,5-10H2,1-4H3;10H,4-9H2,1-3H3,(H,15,16). The molecule has 10 nitrogen and oxygen atoms in total. The molecule has 2 rings (SSSR count). The minimum Gasteiger partial charge on any atom is -0.480 e. The van der Waals surface area contributed by atoms with Crippen LogP contribution in [0.25, 0.3) is 0 Å². The summed E-state index contributed by atoms with van der Waals surface area (Å²) < 4.78 is 15.2. The lowest BCUT2D eigenvalue weighted by molar-refractivity contribution is -0.142. The Balaban J connectivity index is 0.000000371. The average molecular weight is 529 g/mol. The first-order valence-corrected chi connectivity index (χ1v) is 13.3. The number of hydrogen-bond acceptors (Lipinski definition) is 7. The van der Waals surface area contributed by atoms with Crippen LogP contribution in [-0.4, -0.2) is 83.5 Å². The third kappa shape index (κ3) is 14.7. The fourth-order valence-corrected chi connectivity index (χ4v) is 4.45. The van der Waals surface area contributed by atoms with Crippen molar-refractivity contribution in [1.29, 1.82) is 0 Å². The summed E-state index contributed by atoms with van der Waals surface area (Å²) in [7, 11) is 1.32. The third-order valence-corrected chi connectivity index (χ3v) is 6.08. The van der Waals surface area contributed by atoms with Crippen LogP contribution in [0, 0.1) is 11.8 Å². The number of aliphatic carboxylic acids is 1. The maximum atomic E-state index is 12.1. The van der Waals surface area contributed by atoms with E-state index in [1.165, 1.54) is 42.6 Å². The van der Waals surface area contributed by atoms with E-state index in [0.29, 0.717) is 24.9 Å². The third-order valence-electron chi connectivity index (χ3n) is 6.08. The zero-order valence-corrected chi connectivity index (χ0v) is 23.8. The second-order valence-electron chi connectivity index (χ2n) is 12.0. The van der Waals surface area contributed by atoms with E-state index >= 15 is 0 Å². The van der Waals surface area contributed by atoms with Gasteiger partial charge in [-0.15, -0.1) is 0 Å². The summed E-state index contributed by atoms with van der Waals surface area (Å²) >= 11 is 0. The summed E-state index contributed by atoms with van der Waals surface area (Å²) in [5, 5.41) is 8.86. The molecule has 0 unspecified atom stereocenters. The van der Waals surface area contributed by atoms with E-state index in [2.05, 4.69) is 4.74 Å². The largest absolute Gasteiger partial charge is 0.480 e. The highest BCUT2D eigenvalue weighted by molar-refractivity contribution is 5.78. The van der Waals surface area contributed by atoms with Crippen molar-refractivity contribution in [3.8, 4) is 0 Å². The average Bonchev–Trinajstić information content (AvgIpc) is 3.44. The molecular weight excluding hydrogens is 480 g/mol. The Morgan fingerprint density at radius 2 is 1.05 bits per heavy atom. The number of nitrogens with zero attached hydrogens (tertiary/aromatic N) is 2. The number of carbonyl (C=O) groups excluding carboxylic acids is 3. The van der Waals surface area contributed by atoms with Crippen molar-refractivity contribution in [1.82, 2.24) is 9.80 Å². The van der Waals surface area contributed by atoms with E-state index < -0.39 is 35.3 Å². The summed E-state index contributed by atoms with van der Waals surface area (Å²) in [5.41, 5.74) is -1.15. The molecule has 10 heteroatoms. The van der Waals surface area contributed by atoms with Gasteiger partial charge in [-0.1, -0.05) is 25.7 Å². The van der Waals surface area contributed by atoms with Crippen molar-refractivity contribution >= 4 is 24.1 Å². The molecule has 0 saturated heterocycles. The topological polar surface area (TPSA) is 123 Å². The fourth-order valence-electron chi connectivity index (χ4n) is 4.45. The number of esters is 1. The highest BCUT2D eigenvalue weighted by Crippen LogP contribution is 2.27. The van der Waals surface area contributed by atoms with E-state index in [1.54, 1.807) is 20.8 Å². The van der Waals surface area contributed by atoms with Crippen molar-refractivity contribution in [2.24, 2.45) is 11.8 Å². The quantitative estimate of drug-likeness (QED) is 0.342. The van der Waals surface area contributed by atoms with Crippen LogP contribution in [0.1, 0.15) is 92.9 Å². The van der Waals surface area contributed by atoms with Gasteiger partial charge < -0.3 is 19.3 Å². The van der Waals surface area contributed by atoms with Gasteiger partial charge in [0, 0.05) is 13.1 Å². The predicted octanol–water partition coefficient (Wildman–Crippen LogP) is 5.09. The molecule has 0 radical (unpaired) electrons. The normalized spacial score (nSPS) is 16.4. The Kier molecular flexibility index (Phi) is 13.2. The Morgan fingerprint density at radius 1 is 0.703 bits per heavy atom. The number of hydrogen-bond donors (Lipinski definition) is 1. The molecule has 0 spiro atoms. The molecule has 0 bridgehead atoms. The fraction of sp³-hybridized carbons (Fsp3) is 0.852. The van der Waals surface area contributed by atoms with Crippen molar-refractivity contribution in [2.45, 2.75) is 104 Å². The van der Waals surface area contributed by atoms with Crippen LogP contribution in [0.3, 0.4) is 0 Å². The number of methoxy groups -OCH3 is 1. The van der Waals surface area contributed by atoms with Gasteiger partial charge in [0.05, 0.1) is 7.11 Å². The maximum Gasteiger partial charge on any atom is 0.410 e. The van der Waals surface area contributed by atoms with Gasteiger partial charge in [0.1, 0.15) is 24.3 Å². The number of rotatable bonds is 8. The zero-order chi connectivity index (χ0) is 28.2. The first-order chi connectivity index (χ1) is 17.1. The van der Waals surface area contributed by atoms with Gasteiger partial charge in [-0.25, -0.2) is 9.59 Å². The Morgan fingerprint density at radius 3 is 1.35 bits per heavy atom. The van der Waals surface area contributed by atoms with E-state index in [1.807, 2.05) is 20.8 Å². The molecule has 2 fully saturated rings. The van der Waals surface area contributed by atoms with Gasteiger partial charge in [0.2, 0.25) is 0 Å².